The van der Waals surface area contributed by atoms with Crippen molar-refractivity contribution in [2.45, 2.75) is 13.3 Å². The first kappa shape index (κ1) is 16.0. The van der Waals surface area contributed by atoms with Crippen LogP contribution in [0.15, 0.2) is 18.3 Å². The summed E-state index contributed by atoms with van der Waals surface area (Å²) in [6.45, 7) is 5.86. The quantitative estimate of drug-likeness (QED) is 0.829. The van der Waals surface area contributed by atoms with Gasteiger partial charge in [0.25, 0.3) is 0 Å². The molecule has 1 aliphatic heterocycles. The summed E-state index contributed by atoms with van der Waals surface area (Å²) in [7, 11) is -2.89. The second-order valence-electron chi connectivity index (χ2n) is 5.40. The van der Waals surface area contributed by atoms with Gasteiger partial charge < -0.3 is 10.6 Å². The molecule has 1 fully saturated rings. The molecule has 2 N–H and O–H groups in total. The van der Waals surface area contributed by atoms with Crippen LogP contribution in [0, 0.1) is 0 Å². The number of hydrogen-bond donors (Lipinski definition) is 1. The average Bonchev–Trinajstić information content (AvgIpc) is 2.46. The summed E-state index contributed by atoms with van der Waals surface area (Å²) in [4.78, 5) is 8.68. The highest BCUT2D eigenvalue weighted by Crippen LogP contribution is 2.20. The van der Waals surface area contributed by atoms with Crippen molar-refractivity contribution < 1.29 is 8.42 Å². The van der Waals surface area contributed by atoms with Gasteiger partial charge in [0.2, 0.25) is 0 Å². The molecule has 0 unspecified atom stereocenters. The highest BCUT2D eigenvalue weighted by atomic mass is 32.2. The minimum Gasteiger partial charge on any atom is -0.396 e. The first-order chi connectivity index (χ1) is 10.0. The molecule has 0 amide bonds. The van der Waals surface area contributed by atoms with Crippen LogP contribution in [0.5, 0.6) is 0 Å². The number of hydrogen-bond acceptors (Lipinski definition) is 6. The monoisotopic (exact) mass is 312 g/mol. The van der Waals surface area contributed by atoms with E-state index < -0.39 is 9.84 Å². The zero-order chi connectivity index (χ0) is 15.3. The molecule has 0 aliphatic carbocycles. The molecule has 0 saturated carbocycles. The van der Waals surface area contributed by atoms with Gasteiger partial charge in [-0.2, -0.15) is 0 Å². The Bertz CT molecular complexity index is 554. The van der Waals surface area contributed by atoms with Gasteiger partial charge in [-0.1, -0.05) is 6.92 Å². The van der Waals surface area contributed by atoms with E-state index in [1.54, 1.807) is 6.20 Å². The lowest BCUT2D eigenvalue weighted by Crippen LogP contribution is -2.48. The molecular formula is C14H24N4O2S. The highest BCUT2D eigenvalue weighted by Gasteiger charge is 2.20. The Kier molecular flexibility index (Phi) is 5.41. The first-order valence-corrected chi connectivity index (χ1v) is 9.22. The van der Waals surface area contributed by atoms with Gasteiger partial charge in [0, 0.05) is 44.7 Å². The molecule has 2 rings (SSSR count). The van der Waals surface area contributed by atoms with Crippen molar-refractivity contribution in [3.8, 4) is 0 Å². The van der Waals surface area contributed by atoms with Crippen molar-refractivity contribution in [1.29, 1.82) is 0 Å². The van der Waals surface area contributed by atoms with Gasteiger partial charge in [-0.25, -0.2) is 13.4 Å². The number of pyridine rings is 1. The molecule has 1 saturated heterocycles. The van der Waals surface area contributed by atoms with E-state index in [1.807, 2.05) is 19.1 Å². The molecule has 0 spiro atoms. The predicted octanol–water partition coefficient (Wildman–Crippen LogP) is 0.611. The second kappa shape index (κ2) is 7.09. The fourth-order valence-electron chi connectivity index (χ4n) is 2.54. The van der Waals surface area contributed by atoms with Crippen molar-refractivity contribution in [3.05, 3.63) is 18.3 Å². The van der Waals surface area contributed by atoms with Gasteiger partial charge in [-0.3, -0.25) is 4.90 Å². The third kappa shape index (κ3) is 4.57. The number of piperazine rings is 1. The molecular weight excluding hydrogens is 288 g/mol. The van der Waals surface area contributed by atoms with Crippen LogP contribution in [0.25, 0.3) is 0 Å². The van der Waals surface area contributed by atoms with Gasteiger partial charge in [0.1, 0.15) is 0 Å². The number of rotatable bonds is 6. The summed E-state index contributed by atoms with van der Waals surface area (Å²) in [6.07, 6.45) is 2.43. The Morgan fingerprint density at radius 3 is 2.57 bits per heavy atom. The Labute approximate surface area is 126 Å². The van der Waals surface area contributed by atoms with Crippen LogP contribution in [0.2, 0.25) is 0 Å². The first-order valence-electron chi connectivity index (χ1n) is 7.40. The maximum absolute atomic E-state index is 11.7. The van der Waals surface area contributed by atoms with E-state index in [1.165, 1.54) is 0 Å². The molecule has 0 atom stereocenters. The Morgan fingerprint density at radius 1 is 1.24 bits per heavy atom. The molecule has 0 aromatic carbocycles. The summed E-state index contributed by atoms with van der Waals surface area (Å²) in [6, 6.07) is 3.68. The molecule has 118 valence electrons. The van der Waals surface area contributed by atoms with Crippen LogP contribution in [-0.4, -0.2) is 62.5 Å². The molecule has 0 radical (unpaired) electrons. The van der Waals surface area contributed by atoms with Crippen molar-refractivity contribution >= 4 is 21.3 Å². The largest absolute Gasteiger partial charge is 0.396 e. The van der Waals surface area contributed by atoms with E-state index in [9.17, 15) is 8.42 Å². The van der Waals surface area contributed by atoms with Gasteiger partial charge in [-0.15, -0.1) is 0 Å². The zero-order valence-electron chi connectivity index (χ0n) is 12.5. The van der Waals surface area contributed by atoms with E-state index >= 15 is 0 Å². The minimum absolute atomic E-state index is 0.257. The number of nitrogens with two attached hydrogens (primary N) is 1. The van der Waals surface area contributed by atoms with Crippen molar-refractivity contribution in [3.63, 3.8) is 0 Å². The van der Waals surface area contributed by atoms with Gasteiger partial charge in [-0.05, 0) is 18.6 Å². The fourth-order valence-corrected chi connectivity index (χ4v) is 3.90. The third-order valence-corrected chi connectivity index (χ3v) is 5.56. The van der Waals surface area contributed by atoms with Crippen LogP contribution >= 0.6 is 0 Å². The maximum Gasteiger partial charge on any atom is 0.151 e. The van der Waals surface area contributed by atoms with E-state index in [4.69, 9.17) is 5.73 Å². The Morgan fingerprint density at radius 2 is 1.95 bits per heavy atom. The highest BCUT2D eigenvalue weighted by molar-refractivity contribution is 7.91. The summed E-state index contributed by atoms with van der Waals surface area (Å²) in [5.41, 5.74) is 6.63. The van der Waals surface area contributed by atoms with Crippen molar-refractivity contribution in [2.75, 3.05) is 54.9 Å². The normalized spacial score (nSPS) is 17.1. The molecule has 1 aromatic rings. The van der Waals surface area contributed by atoms with Crippen LogP contribution in [0.1, 0.15) is 13.3 Å². The molecule has 1 aromatic heterocycles. The fraction of sp³-hybridized carbons (Fsp3) is 0.643. The topological polar surface area (TPSA) is 79.5 Å². The summed E-state index contributed by atoms with van der Waals surface area (Å²) >= 11 is 0. The Balaban J connectivity index is 1.83. The number of aromatic nitrogens is 1. The minimum atomic E-state index is -2.89. The molecule has 6 nitrogen and oxygen atoms in total. The lowest BCUT2D eigenvalue weighted by Gasteiger charge is -2.35. The summed E-state index contributed by atoms with van der Waals surface area (Å²) < 4.78 is 23.5. The van der Waals surface area contributed by atoms with Gasteiger partial charge in [0.15, 0.2) is 15.7 Å². The van der Waals surface area contributed by atoms with Gasteiger partial charge in [0.05, 0.1) is 11.4 Å². The Hall–Kier alpha value is -1.34. The van der Waals surface area contributed by atoms with E-state index in [2.05, 4.69) is 14.8 Å². The lowest BCUT2D eigenvalue weighted by molar-refractivity contribution is 0.271. The lowest BCUT2D eigenvalue weighted by atomic mass is 10.3. The SMILES string of the molecule is CCCS(=O)(=O)CCN1CCN(c2ncccc2N)CC1. The smallest absolute Gasteiger partial charge is 0.151 e. The number of nitrogens with zero attached hydrogens (tertiary/aromatic N) is 3. The number of nitrogen functional groups attached to an aromatic ring is 1. The molecule has 21 heavy (non-hydrogen) atoms. The molecule has 0 bridgehead atoms. The van der Waals surface area contributed by atoms with Crippen molar-refractivity contribution in [1.82, 2.24) is 9.88 Å². The average molecular weight is 312 g/mol. The molecule has 7 heteroatoms. The second-order valence-corrected chi connectivity index (χ2v) is 7.70. The zero-order valence-corrected chi connectivity index (χ0v) is 13.3. The molecule has 2 heterocycles. The van der Waals surface area contributed by atoms with E-state index in [-0.39, 0.29) is 11.5 Å². The molecule has 1 aliphatic rings. The number of anilines is 2. The van der Waals surface area contributed by atoms with Crippen LogP contribution in [-0.2, 0) is 9.84 Å². The van der Waals surface area contributed by atoms with E-state index in [0.29, 0.717) is 18.7 Å². The van der Waals surface area contributed by atoms with Crippen LogP contribution in [0.3, 0.4) is 0 Å². The van der Waals surface area contributed by atoms with Crippen LogP contribution in [0.4, 0.5) is 11.5 Å². The van der Waals surface area contributed by atoms with E-state index in [0.717, 1.165) is 32.0 Å². The predicted molar refractivity (Wildman–Crippen MR) is 86.2 cm³/mol. The maximum atomic E-state index is 11.7. The standard InChI is InChI=1S/C14H24N4O2S/c1-2-11-21(19,20)12-10-17-6-8-18(9-7-17)14-13(15)4-3-5-16-14/h3-5H,2,6-12,15H2,1H3. The third-order valence-electron chi connectivity index (χ3n) is 3.72. The summed E-state index contributed by atoms with van der Waals surface area (Å²) in [5, 5.41) is 0. The van der Waals surface area contributed by atoms with Crippen molar-refractivity contribution in [2.24, 2.45) is 0 Å². The number of sulfone groups is 1. The van der Waals surface area contributed by atoms with Gasteiger partial charge >= 0.3 is 0 Å². The van der Waals surface area contributed by atoms with Crippen LogP contribution < -0.4 is 10.6 Å². The summed E-state index contributed by atoms with van der Waals surface area (Å²) in [5.74, 6) is 1.38.